The molecule has 1 rings (SSSR count). The average molecular weight is 420 g/mol. The van der Waals surface area contributed by atoms with Crippen molar-refractivity contribution in [1.82, 2.24) is 4.90 Å². The number of rotatable bonds is 6. The second-order valence-electron chi connectivity index (χ2n) is 6.70. The van der Waals surface area contributed by atoms with E-state index < -0.39 is 29.4 Å². The molecule has 28 heavy (non-hydrogen) atoms. The van der Waals surface area contributed by atoms with Gasteiger partial charge in [-0.3, -0.25) is 5.32 Å². The second-order valence-corrected chi connectivity index (χ2v) is 7.69. The molecule has 156 valence electrons. The topological polar surface area (TPSA) is 67.9 Å². The highest BCUT2D eigenvalue weighted by Gasteiger charge is 2.31. The highest BCUT2D eigenvalue weighted by Crippen LogP contribution is 2.36. The Morgan fingerprint density at radius 1 is 1.25 bits per heavy atom. The maximum Gasteiger partial charge on any atom is 0.416 e. The van der Waals surface area contributed by atoms with Gasteiger partial charge in [-0.2, -0.15) is 13.2 Å². The Hall–Kier alpha value is -2.36. The highest BCUT2D eigenvalue weighted by atomic mass is 32.2. The zero-order valence-corrected chi connectivity index (χ0v) is 17.0. The van der Waals surface area contributed by atoms with Crippen LogP contribution in [0.1, 0.15) is 26.3 Å². The molecule has 0 aromatic heterocycles. The van der Waals surface area contributed by atoms with Crippen LogP contribution in [0.3, 0.4) is 0 Å². The van der Waals surface area contributed by atoms with E-state index in [1.807, 2.05) is 0 Å². The maximum atomic E-state index is 13.0. The molecule has 1 N–H and O–H groups in total. The minimum absolute atomic E-state index is 0.192. The molecule has 1 amide bonds. The van der Waals surface area contributed by atoms with Crippen LogP contribution >= 0.6 is 11.8 Å². The fourth-order valence-corrected chi connectivity index (χ4v) is 2.72. The number of halogens is 3. The number of carbonyl (C=O) groups is 2. The first-order valence-electron chi connectivity index (χ1n) is 8.12. The molecule has 0 aliphatic carbocycles. The largest absolute Gasteiger partial charge is 0.466 e. The number of methoxy groups -OCH3 is 1. The lowest BCUT2D eigenvalue weighted by Crippen LogP contribution is -2.27. The Balaban J connectivity index is 2.99. The molecule has 1 aromatic rings. The van der Waals surface area contributed by atoms with E-state index in [1.165, 1.54) is 25.5 Å². The summed E-state index contributed by atoms with van der Waals surface area (Å²) in [5, 5.41) is 2.47. The van der Waals surface area contributed by atoms with E-state index in [0.717, 1.165) is 23.9 Å². The average Bonchev–Trinajstić information content (AvgIpc) is 2.55. The van der Waals surface area contributed by atoms with Crippen molar-refractivity contribution in [1.29, 1.82) is 0 Å². The first-order chi connectivity index (χ1) is 12.8. The van der Waals surface area contributed by atoms with Gasteiger partial charge in [0, 0.05) is 24.2 Å². The Morgan fingerprint density at radius 3 is 2.43 bits per heavy atom. The number of amides is 1. The predicted molar refractivity (Wildman–Crippen MR) is 101 cm³/mol. The van der Waals surface area contributed by atoms with Gasteiger partial charge in [0.1, 0.15) is 5.60 Å². The number of nitrogens with zero attached hydrogens (tertiary/aromatic N) is 1. The lowest BCUT2D eigenvalue weighted by atomic mass is 10.2. The van der Waals surface area contributed by atoms with E-state index in [4.69, 9.17) is 4.74 Å². The Morgan fingerprint density at radius 2 is 1.89 bits per heavy atom. The summed E-state index contributed by atoms with van der Waals surface area (Å²) in [6.07, 6.45) is -2.66. The summed E-state index contributed by atoms with van der Waals surface area (Å²) in [4.78, 5) is 24.9. The number of alkyl halides is 3. The van der Waals surface area contributed by atoms with E-state index in [0.29, 0.717) is 0 Å². The van der Waals surface area contributed by atoms with Gasteiger partial charge in [-0.05, 0) is 39.0 Å². The number of hydrogen-bond donors (Lipinski definition) is 1. The van der Waals surface area contributed by atoms with Gasteiger partial charge in [-0.1, -0.05) is 0 Å². The molecule has 6 nitrogen and oxygen atoms in total. The summed E-state index contributed by atoms with van der Waals surface area (Å²) >= 11 is 1.06. The number of anilines is 1. The summed E-state index contributed by atoms with van der Waals surface area (Å²) in [7, 11) is 2.87. The summed E-state index contributed by atoms with van der Waals surface area (Å²) < 4.78 is 48.7. The van der Waals surface area contributed by atoms with Gasteiger partial charge in [0.15, 0.2) is 0 Å². The van der Waals surface area contributed by atoms with Gasteiger partial charge in [0.05, 0.1) is 24.2 Å². The molecule has 0 aliphatic rings. The molecular weight excluding hydrogens is 397 g/mol. The minimum atomic E-state index is -4.52. The number of carbonyl (C=O) groups excluding carboxylic acids is 2. The number of thioether (sulfide) groups is 1. The minimum Gasteiger partial charge on any atom is -0.466 e. The maximum absolute atomic E-state index is 13.0. The predicted octanol–water partition coefficient (Wildman–Crippen LogP) is 4.72. The zero-order valence-electron chi connectivity index (χ0n) is 16.2. The van der Waals surface area contributed by atoms with Gasteiger partial charge in [0.2, 0.25) is 0 Å². The van der Waals surface area contributed by atoms with Crippen LogP contribution < -0.4 is 5.32 Å². The van der Waals surface area contributed by atoms with Gasteiger partial charge < -0.3 is 14.4 Å². The zero-order chi connectivity index (χ0) is 21.5. The molecule has 0 atom stereocenters. The Labute approximate surface area is 166 Å². The molecule has 0 aliphatic heterocycles. The number of benzene rings is 1. The molecule has 0 spiro atoms. The van der Waals surface area contributed by atoms with Crippen molar-refractivity contribution in [3.05, 3.63) is 36.0 Å². The first kappa shape index (κ1) is 23.7. The quantitative estimate of drug-likeness (QED) is 0.311. The fourth-order valence-electron chi connectivity index (χ4n) is 1.81. The molecule has 1 aromatic carbocycles. The van der Waals surface area contributed by atoms with Gasteiger partial charge in [0.25, 0.3) is 0 Å². The molecule has 10 heteroatoms. The molecule has 0 unspecified atom stereocenters. The summed E-state index contributed by atoms with van der Waals surface area (Å²) in [6, 6.07) is 3.02. The van der Waals surface area contributed by atoms with Crippen LogP contribution in [0.4, 0.5) is 23.7 Å². The van der Waals surface area contributed by atoms with Crippen LogP contribution in [0.15, 0.2) is 35.4 Å². The number of hydrogen-bond acceptors (Lipinski definition) is 6. The molecular formula is C18H23F3N2O4S. The lowest BCUT2D eigenvalue weighted by molar-refractivity contribution is -0.138. The van der Waals surface area contributed by atoms with Crippen LogP contribution in [0.5, 0.6) is 0 Å². The smallest absolute Gasteiger partial charge is 0.416 e. The molecule has 0 bridgehead atoms. The van der Waals surface area contributed by atoms with Crippen molar-refractivity contribution >= 4 is 29.5 Å². The third-order valence-corrected chi connectivity index (χ3v) is 4.22. The number of nitrogens with one attached hydrogen (secondary N) is 1. The fraction of sp³-hybridized carbons (Fsp3) is 0.444. The van der Waals surface area contributed by atoms with Crippen molar-refractivity contribution in [2.45, 2.75) is 37.4 Å². The van der Waals surface area contributed by atoms with E-state index in [9.17, 15) is 22.8 Å². The van der Waals surface area contributed by atoms with E-state index in [2.05, 4.69) is 10.1 Å². The monoisotopic (exact) mass is 420 g/mol. The number of esters is 1. The normalized spacial score (nSPS) is 12.0. The lowest BCUT2D eigenvalue weighted by Gasteiger charge is -2.21. The van der Waals surface area contributed by atoms with Crippen molar-refractivity contribution in [2.24, 2.45) is 0 Å². The van der Waals surface area contributed by atoms with Crippen LogP contribution in [-0.2, 0) is 20.4 Å². The van der Waals surface area contributed by atoms with Crippen molar-refractivity contribution in [3.8, 4) is 0 Å². The van der Waals surface area contributed by atoms with Crippen LogP contribution in [0.2, 0.25) is 0 Å². The van der Waals surface area contributed by atoms with Crippen molar-refractivity contribution in [3.63, 3.8) is 0 Å². The standard InChI is InChI=1S/C18H23F3N2O4S/c1-17(2,3)27-16(25)22-13-7-6-12(18(19,20)21)10-14(13)28-11-23(4)9-8-15(24)26-5/h6-10H,11H2,1-5H3,(H,22,25)/b9-8+. The van der Waals surface area contributed by atoms with Crippen LogP contribution in [0, 0.1) is 0 Å². The molecule has 0 fully saturated rings. The first-order valence-corrected chi connectivity index (χ1v) is 9.11. The highest BCUT2D eigenvalue weighted by molar-refractivity contribution is 7.99. The van der Waals surface area contributed by atoms with Crippen LogP contribution in [0.25, 0.3) is 0 Å². The van der Waals surface area contributed by atoms with Gasteiger partial charge in [-0.15, -0.1) is 11.8 Å². The molecule has 0 saturated heterocycles. The molecule has 0 radical (unpaired) electrons. The Kier molecular flexibility index (Phi) is 8.22. The van der Waals surface area contributed by atoms with Crippen LogP contribution in [-0.4, -0.2) is 42.6 Å². The summed E-state index contributed by atoms with van der Waals surface area (Å²) in [5.41, 5.74) is -1.39. The van der Waals surface area contributed by atoms with Gasteiger partial charge in [-0.25, -0.2) is 9.59 Å². The van der Waals surface area contributed by atoms with E-state index in [-0.39, 0.29) is 16.5 Å². The second kappa shape index (κ2) is 9.72. The van der Waals surface area contributed by atoms with E-state index in [1.54, 1.807) is 32.7 Å². The SMILES string of the molecule is COC(=O)/C=C/N(C)CSc1cc(C(F)(F)F)ccc1NC(=O)OC(C)(C)C. The Bertz CT molecular complexity index is 731. The molecule has 0 heterocycles. The number of ether oxygens (including phenoxy) is 2. The summed E-state index contributed by atoms with van der Waals surface area (Å²) in [5.74, 6) is -0.333. The third kappa shape index (κ3) is 8.55. The molecule has 0 saturated carbocycles. The van der Waals surface area contributed by atoms with Gasteiger partial charge >= 0.3 is 18.2 Å². The van der Waals surface area contributed by atoms with Crippen molar-refractivity contribution < 1.29 is 32.2 Å². The third-order valence-electron chi connectivity index (χ3n) is 3.03. The van der Waals surface area contributed by atoms with E-state index >= 15 is 0 Å². The summed E-state index contributed by atoms with van der Waals surface area (Å²) in [6.45, 7) is 5.03. The van der Waals surface area contributed by atoms with Crippen molar-refractivity contribution in [2.75, 3.05) is 25.4 Å².